The lowest BCUT2D eigenvalue weighted by atomic mass is 10.3. The molecule has 130 valence electrons. The Kier molecular flexibility index (Phi) is 14.6. The second kappa shape index (κ2) is 15.1. The third-order valence-corrected chi connectivity index (χ3v) is 2.33. The molecule has 0 saturated heterocycles. The fourth-order valence-electron chi connectivity index (χ4n) is 1.40. The predicted octanol–water partition coefficient (Wildman–Crippen LogP) is -0.492. The molecule has 2 atom stereocenters. The zero-order chi connectivity index (χ0) is 16.6. The summed E-state index contributed by atoms with van der Waals surface area (Å²) in [6, 6.07) is 0. The second-order valence-electron chi connectivity index (χ2n) is 4.69. The molecule has 0 spiro atoms. The standard InChI is InChI=1S/C15H28O7/c1-3-5-19-7-13(16)9-21-11-15(18)12-22-10-14(17)8-20-6-4-2/h3-4,13-18H,1-2,5-12H2. The zero-order valence-electron chi connectivity index (χ0n) is 12.9. The van der Waals surface area contributed by atoms with E-state index in [1.807, 2.05) is 0 Å². The third kappa shape index (κ3) is 14.2. The van der Waals surface area contributed by atoms with Gasteiger partial charge in [-0.25, -0.2) is 0 Å². The van der Waals surface area contributed by atoms with E-state index in [4.69, 9.17) is 18.9 Å². The van der Waals surface area contributed by atoms with Crippen LogP contribution in [0.4, 0.5) is 0 Å². The minimum atomic E-state index is -0.831. The summed E-state index contributed by atoms with van der Waals surface area (Å²) in [6.07, 6.45) is 0.841. The molecule has 0 amide bonds. The molecule has 0 fully saturated rings. The van der Waals surface area contributed by atoms with Crippen LogP contribution in [0.25, 0.3) is 0 Å². The number of aliphatic hydroxyl groups excluding tert-OH is 3. The lowest BCUT2D eigenvalue weighted by Crippen LogP contribution is -2.29. The smallest absolute Gasteiger partial charge is 0.101 e. The minimum absolute atomic E-state index is 0.0293. The quantitative estimate of drug-likeness (QED) is 0.261. The van der Waals surface area contributed by atoms with E-state index in [0.29, 0.717) is 13.2 Å². The molecule has 7 nitrogen and oxygen atoms in total. The summed E-state index contributed by atoms with van der Waals surface area (Å²) in [5.74, 6) is 0. The molecule has 0 rings (SSSR count). The van der Waals surface area contributed by atoms with E-state index in [1.54, 1.807) is 12.2 Å². The summed E-state index contributed by atoms with van der Waals surface area (Å²) in [4.78, 5) is 0. The molecule has 0 saturated carbocycles. The van der Waals surface area contributed by atoms with Gasteiger partial charge in [0.1, 0.15) is 18.3 Å². The van der Waals surface area contributed by atoms with Crippen LogP contribution in [0, 0.1) is 0 Å². The largest absolute Gasteiger partial charge is 0.388 e. The average molecular weight is 320 g/mol. The van der Waals surface area contributed by atoms with Gasteiger partial charge >= 0.3 is 0 Å². The summed E-state index contributed by atoms with van der Waals surface area (Å²) in [6.45, 7) is 8.19. The van der Waals surface area contributed by atoms with Crippen molar-refractivity contribution in [3.63, 3.8) is 0 Å². The van der Waals surface area contributed by atoms with E-state index >= 15 is 0 Å². The monoisotopic (exact) mass is 320 g/mol. The number of rotatable bonds is 16. The van der Waals surface area contributed by atoms with Crippen molar-refractivity contribution in [2.24, 2.45) is 0 Å². The Morgan fingerprint density at radius 1 is 0.591 bits per heavy atom. The van der Waals surface area contributed by atoms with Crippen LogP contribution in [0.15, 0.2) is 25.3 Å². The van der Waals surface area contributed by atoms with Crippen molar-refractivity contribution < 1.29 is 34.3 Å². The van der Waals surface area contributed by atoms with Gasteiger partial charge in [-0.05, 0) is 0 Å². The molecule has 0 aromatic carbocycles. The van der Waals surface area contributed by atoms with Crippen LogP contribution in [0.3, 0.4) is 0 Å². The van der Waals surface area contributed by atoms with Gasteiger partial charge in [-0.3, -0.25) is 0 Å². The van der Waals surface area contributed by atoms with Crippen molar-refractivity contribution in [2.45, 2.75) is 18.3 Å². The Morgan fingerprint density at radius 3 is 1.14 bits per heavy atom. The Labute approximate surface area is 131 Å². The highest BCUT2D eigenvalue weighted by Crippen LogP contribution is 1.94. The van der Waals surface area contributed by atoms with E-state index in [9.17, 15) is 15.3 Å². The second-order valence-corrected chi connectivity index (χ2v) is 4.69. The normalized spacial score (nSPS) is 15.2. The van der Waals surface area contributed by atoms with Crippen LogP contribution in [-0.4, -0.2) is 86.5 Å². The van der Waals surface area contributed by atoms with Crippen LogP contribution < -0.4 is 0 Å². The van der Waals surface area contributed by atoms with Gasteiger partial charge in [-0.1, -0.05) is 12.2 Å². The summed E-state index contributed by atoms with van der Waals surface area (Å²) in [5.41, 5.74) is 0. The van der Waals surface area contributed by atoms with Crippen molar-refractivity contribution >= 4 is 0 Å². The van der Waals surface area contributed by atoms with E-state index < -0.39 is 18.3 Å². The lowest BCUT2D eigenvalue weighted by Gasteiger charge is -2.16. The van der Waals surface area contributed by atoms with Gasteiger partial charge in [-0.15, -0.1) is 13.2 Å². The topological polar surface area (TPSA) is 97.6 Å². The molecule has 22 heavy (non-hydrogen) atoms. The summed E-state index contributed by atoms with van der Waals surface area (Å²) in [7, 11) is 0. The Bertz CT molecular complexity index is 247. The first-order valence-corrected chi connectivity index (χ1v) is 7.17. The van der Waals surface area contributed by atoms with Gasteiger partial charge in [0.15, 0.2) is 0 Å². The van der Waals surface area contributed by atoms with Crippen molar-refractivity contribution in [1.82, 2.24) is 0 Å². The first-order valence-electron chi connectivity index (χ1n) is 7.17. The molecule has 0 heterocycles. The molecule has 3 N–H and O–H groups in total. The Morgan fingerprint density at radius 2 is 0.864 bits per heavy atom. The van der Waals surface area contributed by atoms with E-state index in [0.717, 1.165) is 0 Å². The van der Waals surface area contributed by atoms with Crippen molar-refractivity contribution in [1.29, 1.82) is 0 Å². The molecule has 0 aliphatic heterocycles. The molecule has 0 radical (unpaired) electrons. The zero-order valence-corrected chi connectivity index (χ0v) is 12.9. The Hall–Kier alpha value is -0.800. The van der Waals surface area contributed by atoms with Crippen LogP contribution in [0.1, 0.15) is 0 Å². The molecular formula is C15H28O7. The average Bonchev–Trinajstić information content (AvgIpc) is 2.48. The highest BCUT2D eigenvalue weighted by atomic mass is 16.5. The third-order valence-electron chi connectivity index (χ3n) is 2.33. The maximum Gasteiger partial charge on any atom is 0.101 e. The molecule has 0 bridgehead atoms. The fraction of sp³-hybridized carbons (Fsp3) is 0.733. The molecule has 0 aromatic rings. The summed E-state index contributed by atoms with van der Waals surface area (Å²) >= 11 is 0. The number of ether oxygens (including phenoxy) is 4. The minimum Gasteiger partial charge on any atom is -0.388 e. The first kappa shape index (κ1) is 21.2. The first-order chi connectivity index (χ1) is 10.6. The summed E-state index contributed by atoms with van der Waals surface area (Å²) < 4.78 is 20.4. The number of aliphatic hydroxyl groups is 3. The van der Waals surface area contributed by atoms with Gasteiger partial charge < -0.3 is 34.3 Å². The van der Waals surface area contributed by atoms with Crippen LogP contribution in [0.2, 0.25) is 0 Å². The van der Waals surface area contributed by atoms with Crippen molar-refractivity contribution in [3.05, 3.63) is 25.3 Å². The van der Waals surface area contributed by atoms with E-state index in [1.165, 1.54) is 0 Å². The van der Waals surface area contributed by atoms with Gasteiger partial charge in [0, 0.05) is 0 Å². The number of hydrogen-bond acceptors (Lipinski definition) is 7. The SMILES string of the molecule is C=CCOCC(O)COCC(O)COCC(O)COCC=C. The predicted molar refractivity (Wildman–Crippen MR) is 81.7 cm³/mol. The number of hydrogen-bond donors (Lipinski definition) is 3. The molecule has 7 heteroatoms. The van der Waals surface area contributed by atoms with Gasteiger partial charge in [0.05, 0.1) is 52.9 Å². The maximum absolute atomic E-state index is 9.60. The van der Waals surface area contributed by atoms with Gasteiger partial charge in [0.25, 0.3) is 0 Å². The van der Waals surface area contributed by atoms with Crippen molar-refractivity contribution in [2.75, 3.05) is 52.9 Å². The molecule has 2 unspecified atom stereocenters. The van der Waals surface area contributed by atoms with Crippen LogP contribution in [-0.2, 0) is 18.9 Å². The molecule has 0 aliphatic rings. The van der Waals surface area contributed by atoms with Crippen molar-refractivity contribution in [3.8, 4) is 0 Å². The highest BCUT2D eigenvalue weighted by Gasteiger charge is 2.10. The maximum atomic E-state index is 9.60. The summed E-state index contributed by atoms with van der Waals surface area (Å²) in [5, 5.41) is 28.6. The Balaban J connectivity index is 3.47. The highest BCUT2D eigenvalue weighted by molar-refractivity contribution is 4.65. The van der Waals surface area contributed by atoms with Crippen LogP contribution in [0.5, 0.6) is 0 Å². The van der Waals surface area contributed by atoms with E-state index in [2.05, 4.69) is 13.2 Å². The van der Waals surface area contributed by atoms with Gasteiger partial charge in [0.2, 0.25) is 0 Å². The van der Waals surface area contributed by atoms with Gasteiger partial charge in [-0.2, -0.15) is 0 Å². The lowest BCUT2D eigenvalue weighted by molar-refractivity contribution is -0.0692. The van der Waals surface area contributed by atoms with Crippen LogP contribution >= 0.6 is 0 Å². The van der Waals surface area contributed by atoms with E-state index in [-0.39, 0.29) is 39.6 Å². The fourth-order valence-corrected chi connectivity index (χ4v) is 1.40. The molecule has 0 aliphatic carbocycles. The molecule has 0 aromatic heterocycles. The molecular weight excluding hydrogens is 292 g/mol.